The van der Waals surface area contributed by atoms with E-state index in [-0.39, 0.29) is 18.1 Å². The molecule has 14 heavy (non-hydrogen) atoms. The lowest BCUT2D eigenvalue weighted by Gasteiger charge is -2.36. The number of aliphatic hydroxyl groups is 1. The van der Waals surface area contributed by atoms with Crippen LogP contribution in [0.4, 0.5) is 0 Å². The molecule has 4 nitrogen and oxygen atoms in total. The zero-order chi connectivity index (χ0) is 10.7. The van der Waals surface area contributed by atoms with Gasteiger partial charge in [-0.05, 0) is 32.7 Å². The van der Waals surface area contributed by atoms with Crippen LogP contribution in [0.1, 0.15) is 19.8 Å². The predicted molar refractivity (Wildman–Crippen MR) is 54.9 cm³/mol. The average Bonchev–Trinajstić information content (AvgIpc) is 2.12. The maximum Gasteiger partial charge on any atom is 0.236 e. The van der Waals surface area contributed by atoms with Crippen molar-refractivity contribution < 1.29 is 9.90 Å². The maximum absolute atomic E-state index is 11.3. The molecule has 1 atom stereocenters. The van der Waals surface area contributed by atoms with Crippen molar-refractivity contribution in [3.05, 3.63) is 0 Å². The summed E-state index contributed by atoms with van der Waals surface area (Å²) in [5, 5.41) is 11.8. The molecule has 1 amide bonds. The van der Waals surface area contributed by atoms with E-state index in [0.717, 1.165) is 19.4 Å². The van der Waals surface area contributed by atoms with Crippen molar-refractivity contribution in [1.29, 1.82) is 0 Å². The minimum Gasteiger partial charge on any atom is -0.393 e. The molecule has 1 aliphatic carbocycles. The Morgan fingerprint density at radius 2 is 2.21 bits per heavy atom. The SMILES string of the molecule is CNC(=O)C(C)N(C)CC1CC(O)C1. The van der Waals surface area contributed by atoms with E-state index in [9.17, 15) is 4.79 Å². The van der Waals surface area contributed by atoms with E-state index in [1.54, 1.807) is 7.05 Å². The molecule has 1 unspecified atom stereocenters. The van der Waals surface area contributed by atoms with E-state index in [2.05, 4.69) is 5.32 Å². The number of rotatable bonds is 4. The minimum atomic E-state index is -0.108. The molecule has 82 valence electrons. The van der Waals surface area contributed by atoms with Crippen LogP contribution in [0.3, 0.4) is 0 Å². The lowest BCUT2D eigenvalue weighted by molar-refractivity contribution is -0.125. The highest BCUT2D eigenvalue weighted by Gasteiger charge is 2.29. The van der Waals surface area contributed by atoms with Crippen LogP contribution in [-0.2, 0) is 4.79 Å². The molecule has 0 heterocycles. The monoisotopic (exact) mass is 200 g/mol. The number of nitrogens with zero attached hydrogens (tertiary/aromatic N) is 1. The van der Waals surface area contributed by atoms with E-state index in [4.69, 9.17) is 5.11 Å². The Kier molecular flexibility index (Phi) is 3.89. The van der Waals surface area contributed by atoms with Gasteiger partial charge in [-0.3, -0.25) is 9.69 Å². The lowest BCUT2D eigenvalue weighted by atomic mass is 9.82. The van der Waals surface area contributed by atoms with Gasteiger partial charge < -0.3 is 10.4 Å². The molecule has 0 radical (unpaired) electrons. The summed E-state index contributed by atoms with van der Waals surface area (Å²) in [6.45, 7) is 2.79. The number of likely N-dealkylation sites (N-methyl/N-ethyl adjacent to an activating group) is 2. The first-order chi connectivity index (χ1) is 6.54. The molecule has 0 aliphatic heterocycles. The van der Waals surface area contributed by atoms with Crippen molar-refractivity contribution >= 4 is 5.91 Å². The Hall–Kier alpha value is -0.610. The van der Waals surface area contributed by atoms with Crippen molar-refractivity contribution in [1.82, 2.24) is 10.2 Å². The van der Waals surface area contributed by atoms with Crippen LogP contribution in [-0.4, -0.2) is 48.7 Å². The van der Waals surface area contributed by atoms with E-state index in [0.29, 0.717) is 5.92 Å². The van der Waals surface area contributed by atoms with Gasteiger partial charge >= 0.3 is 0 Å². The molecule has 1 fully saturated rings. The number of hydrogen-bond acceptors (Lipinski definition) is 3. The number of amides is 1. The van der Waals surface area contributed by atoms with E-state index < -0.39 is 0 Å². The molecular formula is C10H20N2O2. The summed E-state index contributed by atoms with van der Waals surface area (Å²) in [6, 6.07) is -0.0854. The molecule has 1 rings (SSSR count). The Balaban J connectivity index is 2.27. The molecule has 1 aliphatic rings. The van der Waals surface area contributed by atoms with Gasteiger partial charge in [-0.15, -0.1) is 0 Å². The Morgan fingerprint density at radius 1 is 1.64 bits per heavy atom. The summed E-state index contributed by atoms with van der Waals surface area (Å²) in [5.74, 6) is 0.606. The van der Waals surface area contributed by atoms with Gasteiger partial charge in [0.1, 0.15) is 0 Å². The van der Waals surface area contributed by atoms with E-state index in [1.807, 2.05) is 18.9 Å². The molecule has 1 saturated carbocycles. The fourth-order valence-electron chi connectivity index (χ4n) is 1.82. The summed E-state index contributed by atoms with van der Waals surface area (Å²) in [6.07, 6.45) is 1.65. The third-order valence-corrected chi connectivity index (χ3v) is 3.04. The molecule has 0 aromatic heterocycles. The fourth-order valence-corrected chi connectivity index (χ4v) is 1.82. The quantitative estimate of drug-likeness (QED) is 0.662. The third-order valence-electron chi connectivity index (χ3n) is 3.04. The largest absolute Gasteiger partial charge is 0.393 e. The summed E-state index contributed by atoms with van der Waals surface area (Å²) < 4.78 is 0. The maximum atomic E-state index is 11.3. The first-order valence-corrected chi connectivity index (χ1v) is 5.14. The van der Waals surface area contributed by atoms with Gasteiger partial charge in [-0.25, -0.2) is 0 Å². The molecule has 2 N–H and O–H groups in total. The highest BCUT2D eigenvalue weighted by Crippen LogP contribution is 2.27. The van der Waals surface area contributed by atoms with Gasteiger partial charge in [0.25, 0.3) is 0 Å². The van der Waals surface area contributed by atoms with Gasteiger partial charge in [-0.1, -0.05) is 0 Å². The van der Waals surface area contributed by atoms with E-state index in [1.165, 1.54) is 0 Å². The van der Waals surface area contributed by atoms with Gasteiger partial charge in [0, 0.05) is 13.6 Å². The van der Waals surface area contributed by atoms with Crippen molar-refractivity contribution in [2.24, 2.45) is 5.92 Å². The highest BCUT2D eigenvalue weighted by atomic mass is 16.3. The Bertz CT molecular complexity index is 202. The first-order valence-electron chi connectivity index (χ1n) is 5.14. The second-order valence-electron chi connectivity index (χ2n) is 4.22. The normalized spacial score (nSPS) is 28.4. The second-order valence-corrected chi connectivity index (χ2v) is 4.22. The molecule has 0 aromatic carbocycles. The van der Waals surface area contributed by atoms with Crippen LogP contribution in [0.25, 0.3) is 0 Å². The number of aliphatic hydroxyl groups excluding tert-OH is 1. The zero-order valence-electron chi connectivity index (χ0n) is 9.16. The van der Waals surface area contributed by atoms with Crippen LogP contribution < -0.4 is 5.32 Å². The molecule has 0 aromatic rings. The van der Waals surface area contributed by atoms with Gasteiger partial charge in [0.05, 0.1) is 12.1 Å². The topological polar surface area (TPSA) is 52.6 Å². The lowest BCUT2D eigenvalue weighted by Crippen LogP contribution is -2.46. The summed E-state index contributed by atoms with van der Waals surface area (Å²) >= 11 is 0. The summed E-state index contributed by atoms with van der Waals surface area (Å²) in [5.41, 5.74) is 0. The zero-order valence-corrected chi connectivity index (χ0v) is 9.16. The summed E-state index contributed by atoms with van der Waals surface area (Å²) in [7, 11) is 3.60. The van der Waals surface area contributed by atoms with Gasteiger partial charge in [0.2, 0.25) is 5.91 Å². The highest BCUT2D eigenvalue weighted by molar-refractivity contribution is 5.80. The van der Waals surface area contributed by atoms with Crippen LogP contribution >= 0.6 is 0 Å². The van der Waals surface area contributed by atoms with E-state index >= 15 is 0 Å². The van der Waals surface area contributed by atoms with Gasteiger partial charge in [-0.2, -0.15) is 0 Å². The summed E-state index contributed by atoms with van der Waals surface area (Å²) in [4.78, 5) is 13.3. The molecule has 0 saturated heterocycles. The number of nitrogens with one attached hydrogen (secondary N) is 1. The molecule has 0 spiro atoms. The molecule has 4 heteroatoms. The van der Waals surface area contributed by atoms with Crippen molar-refractivity contribution in [2.45, 2.75) is 31.9 Å². The van der Waals surface area contributed by atoms with Crippen LogP contribution in [0.2, 0.25) is 0 Å². The third kappa shape index (κ3) is 2.69. The average molecular weight is 200 g/mol. The van der Waals surface area contributed by atoms with Crippen molar-refractivity contribution in [3.8, 4) is 0 Å². The smallest absolute Gasteiger partial charge is 0.236 e. The predicted octanol–water partition coefficient (Wildman–Crippen LogP) is -0.176. The Labute approximate surface area is 85.3 Å². The van der Waals surface area contributed by atoms with Crippen LogP contribution in [0.5, 0.6) is 0 Å². The van der Waals surface area contributed by atoms with Gasteiger partial charge in [0.15, 0.2) is 0 Å². The van der Waals surface area contributed by atoms with Crippen molar-refractivity contribution in [2.75, 3.05) is 20.6 Å². The fraction of sp³-hybridized carbons (Fsp3) is 0.900. The number of carbonyl (C=O) groups excluding carboxylic acids is 1. The minimum absolute atomic E-state index is 0.0485. The van der Waals surface area contributed by atoms with Crippen molar-refractivity contribution in [3.63, 3.8) is 0 Å². The Morgan fingerprint density at radius 3 is 2.64 bits per heavy atom. The molecular weight excluding hydrogens is 180 g/mol. The standard InChI is InChI=1S/C10H20N2O2/c1-7(10(14)11-2)12(3)6-8-4-9(13)5-8/h7-9,13H,4-6H2,1-3H3,(H,11,14). The molecule has 0 bridgehead atoms. The van der Waals surface area contributed by atoms with Crippen LogP contribution in [0, 0.1) is 5.92 Å². The first kappa shape index (κ1) is 11.5. The van der Waals surface area contributed by atoms with Crippen LogP contribution in [0.15, 0.2) is 0 Å². The number of carbonyl (C=O) groups is 1. The second kappa shape index (κ2) is 4.75. The number of hydrogen-bond donors (Lipinski definition) is 2.